The van der Waals surface area contributed by atoms with Crippen LogP contribution in [0.5, 0.6) is 0 Å². The minimum atomic E-state index is -0.171. The molecule has 2 heterocycles. The summed E-state index contributed by atoms with van der Waals surface area (Å²) in [5, 5.41) is 5.86. The van der Waals surface area contributed by atoms with Gasteiger partial charge in [-0.05, 0) is 56.4 Å². The molecule has 5 heteroatoms. The van der Waals surface area contributed by atoms with Gasteiger partial charge in [0.2, 0.25) is 0 Å². The number of carbonyl (C=O) groups is 1. The second-order valence-corrected chi connectivity index (χ2v) is 6.83. The van der Waals surface area contributed by atoms with Gasteiger partial charge in [-0.15, -0.1) is 0 Å². The van der Waals surface area contributed by atoms with E-state index in [0.717, 1.165) is 44.1 Å². The largest absolute Gasteiger partial charge is 0.376 e. The molecule has 1 aromatic carbocycles. The molecule has 126 valence electrons. The third-order valence-electron chi connectivity index (χ3n) is 4.80. The molecule has 1 aromatic rings. The Morgan fingerprint density at radius 2 is 2.09 bits per heavy atom. The van der Waals surface area contributed by atoms with Gasteiger partial charge < -0.3 is 20.3 Å². The van der Waals surface area contributed by atoms with Crippen molar-refractivity contribution < 1.29 is 9.53 Å². The minimum absolute atomic E-state index is 0.0304. The fraction of sp³-hybridized carbons (Fsp3) is 0.611. The maximum Gasteiger partial charge on any atom is 0.319 e. The van der Waals surface area contributed by atoms with Gasteiger partial charge >= 0.3 is 6.03 Å². The van der Waals surface area contributed by atoms with Crippen molar-refractivity contribution in [3.8, 4) is 0 Å². The Morgan fingerprint density at radius 3 is 2.70 bits per heavy atom. The van der Waals surface area contributed by atoms with Gasteiger partial charge in [-0.1, -0.05) is 6.92 Å². The van der Waals surface area contributed by atoms with E-state index in [9.17, 15) is 4.79 Å². The summed E-state index contributed by atoms with van der Waals surface area (Å²) in [5.41, 5.74) is 2.05. The Kier molecular flexibility index (Phi) is 5.06. The zero-order valence-corrected chi connectivity index (χ0v) is 14.0. The normalized spacial score (nSPS) is 25.4. The molecule has 2 N–H and O–H groups in total. The van der Waals surface area contributed by atoms with E-state index in [0.29, 0.717) is 0 Å². The van der Waals surface area contributed by atoms with Crippen molar-refractivity contribution in [3.63, 3.8) is 0 Å². The van der Waals surface area contributed by atoms with E-state index >= 15 is 0 Å². The van der Waals surface area contributed by atoms with Crippen LogP contribution in [0.15, 0.2) is 24.3 Å². The lowest BCUT2D eigenvalue weighted by atomic mass is 10.1. The number of rotatable bonds is 4. The summed E-state index contributed by atoms with van der Waals surface area (Å²) < 4.78 is 5.60. The molecule has 2 amide bonds. The number of hydrogen-bond acceptors (Lipinski definition) is 3. The Balaban J connectivity index is 1.50. The van der Waals surface area contributed by atoms with Crippen LogP contribution in [0.3, 0.4) is 0 Å². The second kappa shape index (κ2) is 7.21. The van der Waals surface area contributed by atoms with E-state index in [4.69, 9.17) is 4.74 Å². The molecule has 3 atom stereocenters. The Hall–Kier alpha value is -1.75. The molecular weight excluding hydrogens is 290 g/mol. The van der Waals surface area contributed by atoms with Crippen LogP contribution in [0, 0.1) is 5.92 Å². The number of hydrogen-bond donors (Lipinski definition) is 2. The molecule has 23 heavy (non-hydrogen) atoms. The molecule has 5 nitrogen and oxygen atoms in total. The number of amides is 2. The van der Waals surface area contributed by atoms with Crippen LogP contribution in [0.25, 0.3) is 0 Å². The average molecular weight is 317 g/mol. The Morgan fingerprint density at radius 1 is 1.30 bits per heavy atom. The third-order valence-corrected chi connectivity index (χ3v) is 4.80. The van der Waals surface area contributed by atoms with Crippen molar-refractivity contribution in [3.05, 3.63) is 24.3 Å². The highest BCUT2D eigenvalue weighted by molar-refractivity contribution is 5.89. The Bertz CT molecular complexity index is 526. The van der Waals surface area contributed by atoms with Gasteiger partial charge in [0.1, 0.15) is 0 Å². The first-order valence-electron chi connectivity index (χ1n) is 8.66. The first kappa shape index (κ1) is 16.1. The lowest BCUT2D eigenvalue weighted by molar-refractivity contribution is 0.0868. The van der Waals surface area contributed by atoms with E-state index in [1.165, 1.54) is 12.1 Å². The van der Waals surface area contributed by atoms with E-state index in [2.05, 4.69) is 34.6 Å². The lowest BCUT2D eigenvalue weighted by Crippen LogP contribution is -2.42. The first-order chi connectivity index (χ1) is 11.1. The number of nitrogens with one attached hydrogen (secondary N) is 2. The van der Waals surface area contributed by atoms with Gasteiger partial charge in [-0.3, -0.25) is 0 Å². The zero-order valence-electron chi connectivity index (χ0n) is 14.0. The predicted molar refractivity (Wildman–Crippen MR) is 93.0 cm³/mol. The summed E-state index contributed by atoms with van der Waals surface area (Å²) in [6.07, 6.45) is 3.49. The minimum Gasteiger partial charge on any atom is -0.376 e. The molecule has 0 radical (unpaired) electrons. The molecule has 0 bridgehead atoms. The highest BCUT2D eigenvalue weighted by Crippen LogP contribution is 2.24. The number of benzene rings is 1. The fourth-order valence-electron chi connectivity index (χ4n) is 3.39. The number of nitrogens with zero attached hydrogens (tertiary/aromatic N) is 1. The fourth-order valence-corrected chi connectivity index (χ4v) is 3.39. The van der Waals surface area contributed by atoms with E-state index in [1.54, 1.807) is 0 Å². The molecule has 2 saturated heterocycles. The van der Waals surface area contributed by atoms with Crippen molar-refractivity contribution in [1.29, 1.82) is 0 Å². The summed E-state index contributed by atoms with van der Waals surface area (Å²) in [6, 6.07) is 7.95. The van der Waals surface area contributed by atoms with Gasteiger partial charge in [-0.25, -0.2) is 4.79 Å². The van der Waals surface area contributed by atoms with Crippen LogP contribution in [-0.4, -0.2) is 37.9 Å². The highest BCUT2D eigenvalue weighted by atomic mass is 16.5. The SMILES string of the molecule is C[C@@H]1CCN(c2ccc(NC(=O)N[C@@H](C)[C@H]3CCCO3)cc2)C1. The molecule has 2 aliphatic heterocycles. The number of urea groups is 1. The smallest absolute Gasteiger partial charge is 0.319 e. The number of anilines is 2. The summed E-state index contributed by atoms with van der Waals surface area (Å²) in [6.45, 7) is 7.32. The van der Waals surface area contributed by atoms with Crippen LogP contribution in [0.4, 0.5) is 16.2 Å². The molecule has 2 fully saturated rings. The van der Waals surface area contributed by atoms with Crippen LogP contribution < -0.4 is 15.5 Å². The van der Waals surface area contributed by atoms with Crippen molar-refractivity contribution in [2.24, 2.45) is 5.92 Å². The topological polar surface area (TPSA) is 53.6 Å². The van der Waals surface area contributed by atoms with Crippen LogP contribution in [0.1, 0.15) is 33.1 Å². The van der Waals surface area contributed by atoms with Crippen molar-refractivity contribution in [1.82, 2.24) is 5.32 Å². The standard InChI is InChI=1S/C18H27N3O2/c1-13-9-10-21(12-13)16-7-5-15(6-8-16)20-18(22)19-14(2)17-4-3-11-23-17/h5-8,13-14,17H,3-4,9-12H2,1-2H3,(H2,19,20,22)/t13-,14+,17-/m1/s1. The van der Waals surface area contributed by atoms with Gasteiger partial charge in [-0.2, -0.15) is 0 Å². The van der Waals surface area contributed by atoms with E-state index in [1.807, 2.05) is 19.1 Å². The molecule has 0 unspecified atom stereocenters. The molecule has 2 aliphatic rings. The molecular formula is C18H27N3O2. The quantitative estimate of drug-likeness (QED) is 0.896. The Labute approximate surface area is 138 Å². The third kappa shape index (κ3) is 4.16. The summed E-state index contributed by atoms with van der Waals surface area (Å²) >= 11 is 0. The first-order valence-corrected chi connectivity index (χ1v) is 8.66. The van der Waals surface area contributed by atoms with Crippen molar-refractivity contribution in [2.75, 3.05) is 29.9 Å². The van der Waals surface area contributed by atoms with Gasteiger partial charge in [0.05, 0.1) is 12.1 Å². The van der Waals surface area contributed by atoms with Crippen molar-refractivity contribution in [2.45, 2.75) is 45.3 Å². The summed E-state index contributed by atoms with van der Waals surface area (Å²) in [5.74, 6) is 0.762. The van der Waals surface area contributed by atoms with E-state index in [-0.39, 0.29) is 18.2 Å². The second-order valence-electron chi connectivity index (χ2n) is 6.83. The monoisotopic (exact) mass is 317 g/mol. The number of carbonyl (C=O) groups excluding carboxylic acids is 1. The predicted octanol–water partition coefficient (Wildman–Crippen LogP) is 3.22. The average Bonchev–Trinajstić information content (AvgIpc) is 3.19. The van der Waals surface area contributed by atoms with Crippen LogP contribution in [-0.2, 0) is 4.74 Å². The molecule has 0 spiro atoms. The maximum atomic E-state index is 12.1. The summed E-state index contributed by atoms with van der Waals surface area (Å²) in [7, 11) is 0. The number of ether oxygens (including phenoxy) is 1. The zero-order chi connectivity index (χ0) is 16.2. The molecule has 0 aromatic heterocycles. The maximum absolute atomic E-state index is 12.1. The van der Waals surface area contributed by atoms with Gasteiger partial charge in [0, 0.05) is 31.1 Å². The van der Waals surface area contributed by atoms with E-state index < -0.39 is 0 Å². The molecule has 0 aliphatic carbocycles. The molecule has 0 saturated carbocycles. The van der Waals surface area contributed by atoms with Crippen LogP contribution in [0.2, 0.25) is 0 Å². The van der Waals surface area contributed by atoms with Crippen molar-refractivity contribution >= 4 is 17.4 Å². The molecule has 3 rings (SSSR count). The van der Waals surface area contributed by atoms with Crippen LogP contribution >= 0.6 is 0 Å². The summed E-state index contributed by atoms with van der Waals surface area (Å²) in [4.78, 5) is 14.5. The lowest BCUT2D eigenvalue weighted by Gasteiger charge is -2.21. The van der Waals surface area contributed by atoms with Gasteiger partial charge in [0.25, 0.3) is 0 Å². The highest BCUT2D eigenvalue weighted by Gasteiger charge is 2.23. The van der Waals surface area contributed by atoms with Gasteiger partial charge in [0.15, 0.2) is 0 Å².